The van der Waals surface area contributed by atoms with Crippen molar-refractivity contribution in [2.24, 2.45) is 0 Å². The van der Waals surface area contributed by atoms with Gasteiger partial charge < -0.3 is 14.8 Å². The van der Waals surface area contributed by atoms with Gasteiger partial charge in [0.15, 0.2) is 11.5 Å². The molecular weight excluding hydrogens is 392 g/mol. The summed E-state index contributed by atoms with van der Waals surface area (Å²) in [4.78, 5) is 27.4. The van der Waals surface area contributed by atoms with Gasteiger partial charge in [-0.3, -0.25) is 14.5 Å². The first-order chi connectivity index (χ1) is 13.9. The maximum Gasteiger partial charge on any atom is 0.278 e. The van der Waals surface area contributed by atoms with Gasteiger partial charge in [0.05, 0.1) is 19.8 Å². The van der Waals surface area contributed by atoms with Gasteiger partial charge in [-0.15, -0.1) is 0 Å². The van der Waals surface area contributed by atoms with Crippen molar-refractivity contribution in [2.75, 3.05) is 26.1 Å². The minimum absolute atomic E-state index is 0.223. The molecule has 3 rings (SSSR count). The van der Waals surface area contributed by atoms with Crippen molar-refractivity contribution < 1.29 is 19.1 Å². The highest BCUT2D eigenvalue weighted by atomic mass is 35.5. The number of hydrogen-bond donors (Lipinski definition) is 1. The first-order valence-electron chi connectivity index (χ1n) is 9.27. The first-order valence-corrected chi connectivity index (χ1v) is 9.65. The summed E-state index contributed by atoms with van der Waals surface area (Å²) < 4.78 is 10.6. The second-order valence-electron chi connectivity index (χ2n) is 6.62. The Balaban J connectivity index is 2.15. The number of benzene rings is 2. The van der Waals surface area contributed by atoms with Crippen LogP contribution in [0.4, 0.5) is 5.69 Å². The fraction of sp³-hybridized carbons (Fsp3) is 0.273. The van der Waals surface area contributed by atoms with E-state index in [0.29, 0.717) is 46.3 Å². The number of halogens is 1. The van der Waals surface area contributed by atoms with Crippen molar-refractivity contribution in [1.29, 1.82) is 0 Å². The molecule has 0 saturated carbocycles. The zero-order chi connectivity index (χ0) is 21.1. The Morgan fingerprint density at radius 2 is 1.76 bits per heavy atom. The van der Waals surface area contributed by atoms with Crippen molar-refractivity contribution in [3.63, 3.8) is 0 Å². The van der Waals surface area contributed by atoms with Crippen LogP contribution in [-0.2, 0) is 9.59 Å². The summed E-state index contributed by atoms with van der Waals surface area (Å²) in [6.45, 7) is 4.11. The molecule has 0 aliphatic carbocycles. The van der Waals surface area contributed by atoms with E-state index < -0.39 is 0 Å². The van der Waals surface area contributed by atoms with Gasteiger partial charge in [-0.25, -0.2) is 0 Å². The van der Waals surface area contributed by atoms with Crippen molar-refractivity contribution in [2.45, 2.75) is 20.3 Å². The monoisotopic (exact) mass is 414 g/mol. The molecule has 1 heterocycles. The molecule has 0 bridgehead atoms. The molecule has 0 fully saturated rings. The standard InChI is InChI=1S/C22H23ClN2O4/c1-5-11-25-21(26)19(14-9-10-17(28-3)18(12-14)29-4)20(22(25)27)24-16-8-6-7-15(23)13(16)2/h6-10,12,24H,5,11H2,1-4H3. The summed E-state index contributed by atoms with van der Waals surface area (Å²) in [5.41, 5.74) is 2.55. The molecule has 7 heteroatoms. The Labute approximate surface area is 175 Å². The van der Waals surface area contributed by atoms with Crippen LogP contribution in [0.5, 0.6) is 11.5 Å². The number of imide groups is 1. The van der Waals surface area contributed by atoms with E-state index in [0.717, 1.165) is 5.56 Å². The molecule has 2 aromatic carbocycles. The number of rotatable bonds is 7. The number of nitrogens with zero attached hydrogens (tertiary/aromatic N) is 1. The summed E-state index contributed by atoms with van der Waals surface area (Å²) >= 11 is 6.22. The van der Waals surface area contributed by atoms with Crippen LogP contribution in [0, 0.1) is 6.92 Å². The molecular formula is C22H23ClN2O4. The Hall–Kier alpha value is -2.99. The molecule has 0 radical (unpaired) electrons. The van der Waals surface area contributed by atoms with E-state index in [1.165, 1.54) is 12.0 Å². The van der Waals surface area contributed by atoms with E-state index in [2.05, 4.69) is 5.32 Å². The van der Waals surface area contributed by atoms with E-state index in [1.54, 1.807) is 37.4 Å². The molecule has 0 spiro atoms. The average molecular weight is 415 g/mol. The van der Waals surface area contributed by atoms with Crippen LogP contribution < -0.4 is 14.8 Å². The normalized spacial score (nSPS) is 13.9. The third-order valence-corrected chi connectivity index (χ3v) is 5.22. The fourth-order valence-electron chi connectivity index (χ4n) is 3.26. The van der Waals surface area contributed by atoms with Gasteiger partial charge in [-0.2, -0.15) is 0 Å². The number of anilines is 1. The summed E-state index contributed by atoms with van der Waals surface area (Å²) in [5, 5.41) is 3.72. The highest BCUT2D eigenvalue weighted by Gasteiger charge is 2.39. The molecule has 2 amide bonds. The van der Waals surface area contributed by atoms with Gasteiger partial charge in [0.25, 0.3) is 11.8 Å². The van der Waals surface area contributed by atoms with Crippen LogP contribution in [0.15, 0.2) is 42.1 Å². The minimum Gasteiger partial charge on any atom is -0.493 e. The first kappa shape index (κ1) is 20.7. The third kappa shape index (κ3) is 3.80. The Morgan fingerprint density at radius 3 is 2.41 bits per heavy atom. The molecule has 1 aliphatic rings. The Morgan fingerprint density at radius 1 is 1.03 bits per heavy atom. The second-order valence-corrected chi connectivity index (χ2v) is 7.03. The van der Waals surface area contributed by atoms with Gasteiger partial charge in [0.2, 0.25) is 0 Å². The highest BCUT2D eigenvalue weighted by Crippen LogP contribution is 2.36. The maximum absolute atomic E-state index is 13.1. The molecule has 6 nitrogen and oxygen atoms in total. The van der Waals surface area contributed by atoms with Crippen LogP contribution in [-0.4, -0.2) is 37.5 Å². The summed E-state index contributed by atoms with van der Waals surface area (Å²) in [6, 6.07) is 10.5. The van der Waals surface area contributed by atoms with Crippen molar-refractivity contribution in [3.8, 4) is 11.5 Å². The molecule has 0 unspecified atom stereocenters. The van der Waals surface area contributed by atoms with Crippen LogP contribution in [0.2, 0.25) is 5.02 Å². The van der Waals surface area contributed by atoms with Crippen molar-refractivity contribution in [3.05, 3.63) is 58.2 Å². The van der Waals surface area contributed by atoms with E-state index in [9.17, 15) is 9.59 Å². The predicted molar refractivity (Wildman–Crippen MR) is 113 cm³/mol. The zero-order valence-corrected chi connectivity index (χ0v) is 17.6. The lowest BCUT2D eigenvalue weighted by molar-refractivity contribution is -0.136. The molecule has 1 aliphatic heterocycles. The van der Waals surface area contributed by atoms with Crippen LogP contribution in [0.1, 0.15) is 24.5 Å². The molecule has 29 heavy (non-hydrogen) atoms. The molecule has 0 atom stereocenters. The Kier molecular flexibility index (Phi) is 6.13. The predicted octanol–water partition coefficient (Wildman–Crippen LogP) is 4.27. The van der Waals surface area contributed by atoms with E-state index in [1.807, 2.05) is 19.9 Å². The molecule has 0 saturated heterocycles. The zero-order valence-electron chi connectivity index (χ0n) is 16.8. The lowest BCUT2D eigenvalue weighted by Gasteiger charge is -2.14. The number of hydrogen-bond acceptors (Lipinski definition) is 5. The quantitative estimate of drug-likeness (QED) is 0.685. The van der Waals surface area contributed by atoms with E-state index in [-0.39, 0.29) is 17.5 Å². The van der Waals surface area contributed by atoms with Crippen LogP contribution >= 0.6 is 11.6 Å². The van der Waals surface area contributed by atoms with E-state index in [4.69, 9.17) is 21.1 Å². The summed E-state index contributed by atoms with van der Waals surface area (Å²) in [5.74, 6) is 0.316. The number of amides is 2. The third-order valence-electron chi connectivity index (χ3n) is 4.81. The van der Waals surface area contributed by atoms with Gasteiger partial charge in [-0.05, 0) is 48.7 Å². The molecule has 152 valence electrons. The molecule has 2 aromatic rings. The van der Waals surface area contributed by atoms with Crippen molar-refractivity contribution >= 4 is 34.7 Å². The largest absolute Gasteiger partial charge is 0.493 e. The van der Waals surface area contributed by atoms with Crippen molar-refractivity contribution in [1.82, 2.24) is 4.90 Å². The van der Waals surface area contributed by atoms with Gasteiger partial charge in [-0.1, -0.05) is 30.7 Å². The highest BCUT2D eigenvalue weighted by molar-refractivity contribution is 6.36. The number of methoxy groups -OCH3 is 2. The topological polar surface area (TPSA) is 67.9 Å². The number of carbonyl (C=O) groups excluding carboxylic acids is 2. The van der Waals surface area contributed by atoms with Crippen LogP contribution in [0.3, 0.4) is 0 Å². The number of ether oxygens (including phenoxy) is 2. The Bertz CT molecular complexity index is 1000. The number of carbonyl (C=O) groups is 2. The SMILES string of the molecule is CCCN1C(=O)C(Nc2cccc(Cl)c2C)=C(c2ccc(OC)c(OC)c2)C1=O. The summed E-state index contributed by atoms with van der Waals surface area (Å²) in [6.07, 6.45) is 0.667. The minimum atomic E-state index is -0.360. The van der Waals surface area contributed by atoms with Gasteiger partial charge >= 0.3 is 0 Å². The molecule has 0 aromatic heterocycles. The second kappa shape index (κ2) is 8.57. The van der Waals surface area contributed by atoms with E-state index >= 15 is 0 Å². The maximum atomic E-state index is 13.1. The van der Waals surface area contributed by atoms with Gasteiger partial charge in [0.1, 0.15) is 5.70 Å². The average Bonchev–Trinajstić information content (AvgIpc) is 2.95. The lowest BCUT2D eigenvalue weighted by atomic mass is 10.0. The lowest BCUT2D eigenvalue weighted by Crippen LogP contribution is -2.33. The van der Waals surface area contributed by atoms with Crippen LogP contribution in [0.25, 0.3) is 5.57 Å². The van der Waals surface area contributed by atoms with Gasteiger partial charge in [0, 0.05) is 17.3 Å². The summed E-state index contributed by atoms with van der Waals surface area (Å²) in [7, 11) is 3.06. The molecule has 1 N–H and O–H groups in total. The number of nitrogens with one attached hydrogen (secondary N) is 1. The smallest absolute Gasteiger partial charge is 0.278 e. The fourth-order valence-corrected chi connectivity index (χ4v) is 3.43.